The SMILES string of the molecule is CN(CCCN1C(=O)COc2cc([N+](=O)[O-])ccc21)c1cccc[n+]1[O-]. The van der Waals surface area contributed by atoms with E-state index in [1.807, 2.05) is 11.9 Å². The molecule has 0 spiro atoms. The lowest BCUT2D eigenvalue weighted by molar-refractivity contribution is -0.592. The predicted octanol–water partition coefficient (Wildman–Crippen LogP) is 1.48. The molecule has 0 radical (unpaired) electrons. The summed E-state index contributed by atoms with van der Waals surface area (Å²) in [6.45, 7) is 0.839. The molecule has 1 aromatic heterocycles. The fourth-order valence-corrected chi connectivity index (χ4v) is 2.85. The molecule has 0 bridgehead atoms. The zero-order chi connectivity index (χ0) is 18.7. The number of nitrogens with zero attached hydrogens (tertiary/aromatic N) is 4. The van der Waals surface area contributed by atoms with Gasteiger partial charge in [-0.15, -0.1) is 0 Å². The molecular formula is C17H18N4O5. The van der Waals surface area contributed by atoms with Crippen molar-refractivity contribution in [3.05, 3.63) is 57.9 Å². The van der Waals surface area contributed by atoms with Crippen molar-refractivity contribution in [2.24, 2.45) is 0 Å². The minimum absolute atomic E-state index is 0.0816. The van der Waals surface area contributed by atoms with Crippen molar-refractivity contribution in [1.82, 2.24) is 0 Å². The Hall–Kier alpha value is -3.36. The molecule has 0 N–H and O–H groups in total. The molecule has 0 saturated heterocycles. The smallest absolute Gasteiger partial charge is 0.279 e. The Morgan fingerprint density at radius 3 is 2.88 bits per heavy atom. The minimum atomic E-state index is -0.503. The van der Waals surface area contributed by atoms with E-state index in [0.717, 1.165) is 4.73 Å². The monoisotopic (exact) mass is 358 g/mol. The zero-order valence-corrected chi connectivity index (χ0v) is 14.2. The first-order chi connectivity index (χ1) is 12.5. The lowest BCUT2D eigenvalue weighted by Crippen LogP contribution is -2.41. The Kier molecular flexibility index (Phi) is 4.87. The van der Waals surface area contributed by atoms with Crippen LogP contribution in [0.5, 0.6) is 5.75 Å². The highest BCUT2D eigenvalue weighted by molar-refractivity contribution is 5.98. The number of aromatic nitrogens is 1. The van der Waals surface area contributed by atoms with Crippen molar-refractivity contribution in [2.75, 3.05) is 36.5 Å². The summed E-state index contributed by atoms with van der Waals surface area (Å²) in [4.78, 5) is 25.9. The highest BCUT2D eigenvalue weighted by Gasteiger charge is 2.27. The Morgan fingerprint density at radius 2 is 2.15 bits per heavy atom. The fourth-order valence-electron chi connectivity index (χ4n) is 2.85. The number of ether oxygens (including phenoxy) is 1. The molecule has 1 aromatic carbocycles. The summed E-state index contributed by atoms with van der Waals surface area (Å²) in [6.07, 6.45) is 2.05. The maximum atomic E-state index is 12.2. The molecule has 1 aliphatic rings. The highest BCUT2D eigenvalue weighted by Crippen LogP contribution is 2.35. The van der Waals surface area contributed by atoms with Gasteiger partial charge in [0, 0.05) is 25.1 Å². The van der Waals surface area contributed by atoms with Crippen molar-refractivity contribution in [1.29, 1.82) is 0 Å². The van der Waals surface area contributed by atoms with Gasteiger partial charge in [-0.3, -0.25) is 19.8 Å². The maximum absolute atomic E-state index is 12.2. The number of hydrogen-bond donors (Lipinski definition) is 0. The molecule has 0 saturated carbocycles. The molecule has 26 heavy (non-hydrogen) atoms. The van der Waals surface area contributed by atoms with Gasteiger partial charge in [-0.2, -0.15) is 0 Å². The van der Waals surface area contributed by atoms with E-state index in [9.17, 15) is 20.1 Å². The van der Waals surface area contributed by atoms with Crippen molar-refractivity contribution in [2.45, 2.75) is 6.42 Å². The van der Waals surface area contributed by atoms with Crippen LogP contribution < -0.4 is 19.3 Å². The lowest BCUT2D eigenvalue weighted by atomic mass is 10.2. The molecule has 3 rings (SSSR count). The zero-order valence-electron chi connectivity index (χ0n) is 14.2. The third-order valence-electron chi connectivity index (χ3n) is 4.17. The number of anilines is 2. The Bertz CT molecular complexity index is 842. The fraction of sp³-hybridized carbons (Fsp3) is 0.294. The lowest BCUT2D eigenvalue weighted by Gasteiger charge is -2.29. The van der Waals surface area contributed by atoms with Crippen molar-refractivity contribution in [3.8, 4) is 5.75 Å². The summed E-state index contributed by atoms with van der Waals surface area (Å²) in [5, 5.41) is 22.6. The van der Waals surface area contributed by atoms with Crippen LogP contribution in [0.1, 0.15) is 6.42 Å². The average Bonchev–Trinajstić information content (AvgIpc) is 2.63. The Balaban J connectivity index is 1.68. The maximum Gasteiger partial charge on any atom is 0.279 e. The van der Waals surface area contributed by atoms with E-state index >= 15 is 0 Å². The van der Waals surface area contributed by atoms with Crippen LogP contribution in [0.15, 0.2) is 42.6 Å². The Labute approximate surface area is 149 Å². The van der Waals surface area contributed by atoms with Gasteiger partial charge in [0.05, 0.1) is 36.5 Å². The number of fused-ring (bicyclic) bond motifs is 1. The van der Waals surface area contributed by atoms with E-state index in [-0.39, 0.29) is 18.2 Å². The highest BCUT2D eigenvalue weighted by atomic mass is 16.6. The van der Waals surface area contributed by atoms with Crippen LogP contribution in [-0.4, -0.2) is 37.6 Å². The summed E-state index contributed by atoms with van der Waals surface area (Å²) < 4.78 is 6.10. The van der Waals surface area contributed by atoms with Gasteiger partial charge in [-0.05, 0) is 12.1 Å². The summed E-state index contributed by atoms with van der Waals surface area (Å²) >= 11 is 0. The van der Waals surface area contributed by atoms with E-state index in [0.29, 0.717) is 36.8 Å². The van der Waals surface area contributed by atoms with Crippen LogP contribution in [-0.2, 0) is 4.79 Å². The molecule has 9 nitrogen and oxygen atoms in total. The first-order valence-corrected chi connectivity index (χ1v) is 8.08. The van der Waals surface area contributed by atoms with Crippen molar-refractivity contribution in [3.63, 3.8) is 0 Å². The summed E-state index contributed by atoms with van der Waals surface area (Å²) in [6, 6.07) is 9.37. The normalized spacial score (nSPS) is 13.1. The number of non-ortho nitro benzene ring substituents is 1. The average molecular weight is 358 g/mol. The van der Waals surface area contributed by atoms with E-state index in [4.69, 9.17) is 4.74 Å². The number of nitro groups is 1. The summed E-state index contributed by atoms with van der Waals surface area (Å²) in [7, 11) is 1.81. The molecule has 0 aliphatic carbocycles. The van der Waals surface area contributed by atoms with Gasteiger partial charge in [-0.1, -0.05) is 6.07 Å². The number of benzene rings is 1. The van der Waals surface area contributed by atoms with Gasteiger partial charge in [0.25, 0.3) is 17.4 Å². The number of hydrogen-bond acceptors (Lipinski definition) is 6. The number of carbonyl (C=O) groups is 1. The molecule has 2 aromatic rings. The van der Waals surface area contributed by atoms with Gasteiger partial charge in [0.1, 0.15) is 0 Å². The number of pyridine rings is 1. The second kappa shape index (κ2) is 7.26. The van der Waals surface area contributed by atoms with Crippen LogP contribution in [0.2, 0.25) is 0 Å². The van der Waals surface area contributed by atoms with Crippen LogP contribution in [0.3, 0.4) is 0 Å². The molecule has 0 atom stereocenters. The van der Waals surface area contributed by atoms with Crippen LogP contribution in [0.25, 0.3) is 0 Å². The first-order valence-electron chi connectivity index (χ1n) is 8.08. The van der Waals surface area contributed by atoms with Gasteiger partial charge < -0.3 is 14.8 Å². The predicted molar refractivity (Wildman–Crippen MR) is 94.2 cm³/mol. The third kappa shape index (κ3) is 3.51. The van der Waals surface area contributed by atoms with E-state index in [1.165, 1.54) is 24.4 Å². The van der Waals surface area contributed by atoms with Crippen LogP contribution in [0, 0.1) is 15.3 Å². The van der Waals surface area contributed by atoms with Crippen LogP contribution >= 0.6 is 0 Å². The molecule has 2 heterocycles. The molecule has 136 valence electrons. The van der Waals surface area contributed by atoms with Gasteiger partial charge in [0.2, 0.25) is 0 Å². The molecule has 1 amide bonds. The van der Waals surface area contributed by atoms with Crippen molar-refractivity contribution < 1.29 is 19.2 Å². The third-order valence-corrected chi connectivity index (χ3v) is 4.17. The summed E-state index contributed by atoms with van der Waals surface area (Å²) in [5.41, 5.74) is 0.440. The van der Waals surface area contributed by atoms with Crippen molar-refractivity contribution >= 4 is 23.1 Å². The van der Waals surface area contributed by atoms with E-state index in [1.54, 1.807) is 23.1 Å². The van der Waals surface area contributed by atoms with Gasteiger partial charge >= 0.3 is 0 Å². The summed E-state index contributed by atoms with van der Waals surface area (Å²) in [5.74, 6) is 0.650. The van der Waals surface area contributed by atoms with E-state index < -0.39 is 4.92 Å². The van der Waals surface area contributed by atoms with E-state index in [2.05, 4.69) is 0 Å². The van der Waals surface area contributed by atoms with Gasteiger partial charge in [0.15, 0.2) is 12.4 Å². The first kappa shape index (κ1) is 17.5. The number of carbonyl (C=O) groups excluding carboxylic acids is 1. The molecule has 9 heteroatoms. The molecule has 0 fully saturated rings. The molecule has 0 unspecified atom stereocenters. The number of amides is 1. The topological polar surface area (TPSA) is 103 Å². The van der Waals surface area contributed by atoms with Gasteiger partial charge in [-0.25, -0.2) is 4.73 Å². The quantitative estimate of drug-likeness (QED) is 0.335. The number of nitro benzene ring substituents is 1. The molecular weight excluding hydrogens is 340 g/mol. The Morgan fingerprint density at radius 1 is 1.35 bits per heavy atom. The standard InChI is InChI=1S/C17H18N4O5/c1-18(16-5-2-3-10-20(16)23)8-4-9-19-14-7-6-13(21(24)25)11-15(14)26-12-17(19)22/h2-3,5-7,10-11H,4,8-9,12H2,1H3. The van der Waals surface area contributed by atoms with Crippen LogP contribution in [0.4, 0.5) is 17.2 Å². The largest absolute Gasteiger partial charge is 0.711 e. The number of rotatable bonds is 6. The second-order valence-corrected chi connectivity index (χ2v) is 5.90. The second-order valence-electron chi connectivity index (χ2n) is 5.90. The minimum Gasteiger partial charge on any atom is -0.711 e. The molecule has 1 aliphatic heterocycles.